The zero-order valence-electron chi connectivity index (χ0n) is 8.37. The highest BCUT2D eigenvalue weighted by Gasteiger charge is 2.35. The van der Waals surface area contributed by atoms with Gasteiger partial charge in [0.1, 0.15) is 0 Å². The minimum atomic E-state index is -4.65. The number of rotatable bonds is 4. The number of furan rings is 1. The van der Waals surface area contributed by atoms with Gasteiger partial charge in [-0.2, -0.15) is 13.2 Å². The van der Waals surface area contributed by atoms with Crippen molar-refractivity contribution in [2.24, 2.45) is 0 Å². The molecule has 2 N–H and O–H groups in total. The molecule has 8 heteroatoms. The highest BCUT2D eigenvalue weighted by molar-refractivity contribution is 5.91. The minimum Gasteiger partial charge on any atom is -0.481 e. The molecule has 0 aliphatic heterocycles. The Hall–Kier alpha value is -1.99. The molecule has 1 heterocycles. The van der Waals surface area contributed by atoms with E-state index >= 15 is 0 Å². The average molecular weight is 251 g/mol. The summed E-state index contributed by atoms with van der Waals surface area (Å²) in [7, 11) is 0. The third-order valence-electron chi connectivity index (χ3n) is 1.73. The Labute approximate surface area is 93.2 Å². The molecule has 0 fully saturated rings. The van der Waals surface area contributed by atoms with E-state index in [4.69, 9.17) is 5.11 Å². The monoisotopic (exact) mass is 251 g/mol. The van der Waals surface area contributed by atoms with Gasteiger partial charge in [-0.3, -0.25) is 9.59 Å². The Kier molecular flexibility index (Phi) is 3.77. The molecule has 0 aliphatic carbocycles. The van der Waals surface area contributed by atoms with Crippen molar-refractivity contribution in [2.45, 2.75) is 12.6 Å². The largest absolute Gasteiger partial charge is 0.481 e. The fourth-order valence-corrected chi connectivity index (χ4v) is 0.982. The molecule has 0 aliphatic rings. The van der Waals surface area contributed by atoms with Gasteiger partial charge in [-0.25, -0.2) is 0 Å². The van der Waals surface area contributed by atoms with Gasteiger partial charge in [0.15, 0.2) is 5.76 Å². The zero-order chi connectivity index (χ0) is 13.1. The van der Waals surface area contributed by atoms with Crippen LogP contribution in [-0.4, -0.2) is 23.5 Å². The number of halogens is 3. The smallest absolute Gasteiger partial charge is 0.449 e. The first-order valence-electron chi connectivity index (χ1n) is 4.47. The van der Waals surface area contributed by atoms with Crippen LogP contribution in [0.15, 0.2) is 16.5 Å². The van der Waals surface area contributed by atoms with Gasteiger partial charge < -0.3 is 14.8 Å². The quantitative estimate of drug-likeness (QED) is 0.849. The number of hydrogen-bond donors (Lipinski definition) is 2. The van der Waals surface area contributed by atoms with Crippen molar-refractivity contribution in [1.82, 2.24) is 5.32 Å². The molecule has 94 valence electrons. The molecule has 1 rings (SSSR count). The summed E-state index contributed by atoms with van der Waals surface area (Å²) in [6.45, 7) is -0.184. The molecule has 1 aromatic heterocycles. The van der Waals surface area contributed by atoms with Crippen LogP contribution >= 0.6 is 0 Å². The van der Waals surface area contributed by atoms with E-state index < -0.39 is 29.6 Å². The molecule has 0 aromatic carbocycles. The second kappa shape index (κ2) is 4.89. The van der Waals surface area contributed by atoms with Crippen LogP contribution in [0.3, 0.4) is 0 Å². The summed E-state index contributed by atoms with van der Waals surface area (Å²) < 4.78 is 40.6. The number of aliphatic carboxylic acids is 1. The first-order valence-corrected chi connectivity index (χ1v) is 4.47. The van der Waals surface area contributed by atoms with Crippen molar-refractivity contribution < 1.29 is 32.3 Å². The van der Waals surface area contributed by atoms with Gasteiger partial charge >= 0.3 is 12.1 Å². The van der Waals surface area contributed by atoms with Gasteiger partial charge in [0.25, 0.3) is 5.91 Å². The lowest BCUT2D eigenvalue weighted by molar-refractivity contribution is -0.153. The topological polar surface area (TPSA) is 79.5 Å². The maximum Gasteiger partial charge on any atom is 0.449 e. The number of carboxylic acid groups (broad SMARTS) is 1. The van der Waals surface area contributed by atoms with Crippen LogP contribution in [0.25, 0.3) is 0 Å². The van der Waals surface area contributed by atoms with E-state index in [0.29, 0.717) is 6.07 Å². The Bertz CT molecular complexity index is 424. The predicted molar refractivity (Wildman–Crippen MR) is 48.3 cm³/mol. The first-order chi connectivity index (χ1) is 7.80. The van der Waals surface area contributed by atoms with Crippen LogP contribution in [0.2, 0.25) is 0 Å². The summed E-state index contributed by atoms with van der Waals surface area (Å²) in [6, 6.07) is 1.50. The van der Waals surface area contributed by atoms with Crippen molar-refractivity contribution in [3.8, 4) is 0 Å². The van der Waals surface area contributed by atoms with Crippen LogP contribution in [0.1, 0.15) is 22.7 Å². The Morgan fingerprint density at radius 3 is 2.47 bits per heavy atom. The lowest BCUT2D eigenvalue weighted by atomic mass is 10.4. The Morgan fingerprint density at radius 1 is 1.35 bits per heavy atom. The number of carboxylic acids is 1. The average Bonchev–Trinajstić information content (AvgIpc) is 2.64. The molecule has 1 aromatic rings. The third kappa shape index (κ3) is 3.82. The number of nitrogens with one attached hydrogen (secondary N) is 1. The molecule has 0 saturated heterocycles. The summed E-state index contributed by atoms with van der Waals surface area (Å²) in [6.07, 6.45) is -4.97. The molecule has 0 unspecified atom stereocenters. The maximum atomic E-state index is 12.1. The van der Waals surface area contributed by atoms with Crippen LogP contribution < -0.4 is 5.32 Å². The molecule has 0 atom stereocenters. The van der Waals surface area contributed by atoms with Crippen molar-refractivity contribution in [3.05, 3.63) is 23.7 Å². The van der Waals surface area contributed by atoms with Crippen molar-refractivity contribution in [3.63, 3.8) is 0 Å². The number of carbonyl (C=O) groups is 2. The fourth-order valence-electron chi connectivity index (χ4n) is 0.982. The molecular weight excluding hydrogens is 243 g/mol. The highest BCUT2D eigenvalue weighted by Crippen LogP contribution is 2.30. The van der Waals surface area contributed by atoms with E-state index in [9.17, 15) is 22.8 Å². The molecule has 0 radical (unpaired) electrons. The van der Waals surface area contributed by atoms with Crippen LogP contribution in [0.4, 0.5) is 13.2 Å². The fraction of sp³-hybridized carbons (Fsp3) is 0.333. The Morgan fingerprint density at radius 2 is 2.00 bits per heavy atom. The molecule has 17 heavy (non-hydrogen) atoms. The first kappa shape index (κ1) is 13.1. The van der Waals surface area contributed by atoms with Gasteiger partial charge in [0, 0.05) is 6.54 Å². The molecule has 0 bridgehead atoms. The second-order valence-corrected chi connectivity index (χ2v) is 3.06. The number of amides is 1. The van der Waals surface area contributed by atoms with Crippen molar-refractivity contribution in [2.75, 3.05) is 6.54 Å². The number of carbonyl (C=O) groups excluding carboxylic acids is 1. The summed E-state index contributed by atoms with van der Waals surface area (Å²) in [5.41, 5.74) is 0. The van der Waals surface area contributed by atoms with Gasteiger partial charge in [-0.1, -0.05) is 0 Å². The molecule has 1 amide bonds. The van der Waals surface area contributed by atoms with Crippen LogP contribution in [-0.2, 0) is 11.0 Å². The van der Waals surface area contributed by atoms with E-state index in [1.54, 1.807) is 0 Å². The van der Waals surface area contributed by atoms with Gasteiger partial charge in [0.05, 0.1) is 6.42 Å². The summed E-state index contributed by atoms with van der Waals surface area (Å²) in [5.74, 6) is -3.80. The van der Waals surface area contributed by atoms with Crippen molar-refractivity contribution >= 4 is 11.9 Å². The van der Waals surface area contributed by atoms with E-state index in [1.165, 1.54) is 0 Å². The predicted octanol–water partition coefficient (Wildman–Crippen LogP) is 1.50. The van der Waals surface area contributed by atoms with Gasteiger partial charge in [-0.05, 0) is 12.1 Å². The normalized spacial score (nSPS) is 11.2. The molecule has 5 nitrogen and oxygen atoms in total. The number of alkyl halides is 3. The van der Waals surface area contributed by atoms with Gasteiger partial charge in [0.2, 0.25) is 5.76 Å². The minimum absolute atomic E-state index is 0.184. The highest BCUT2D eigenvalue weighted by atomic mass is 19.4. The molecule has 0 saturated carbocycles. The second-order valence-electron chi connectivity index (χ2n) is 3.06. The Balaban J connectivity index is 2.58. The van der Waals surface area contributed by atoms with Crippen LogP contribution in [0, 0.1) is 0 Å². The third-order valence-corrected chi connectivity index (χ3v) is 1.73. The lowest BCUT2D eigenvalue weighted by Crippen LogP contribution is -2.25. The molecular formula is C9H8F3NO4. The maximum absolute atomic E-state index is 12.1. The van der Waals surface area contributed by atoms with Crippen molar-refractivity contribution in [1.29, 1.82) is 0 Å². The number of hydrogen-bond acceptors (Lipinski definition) is 3. The van der Waals surface area contributed by atoms with Crippen LogP contribution in [0.5, 0.6) is 0 Å². The summed E-state index contributed by atoms with van der Waals surface area (Å²) in [5, 5.41) is 10.4. The van der Waals surface area contributed by atoms with E-state index in [2.05, 4.69) is 9.73 Å². The summed E-state index contributed by atoms with van der Waals surface area (Å²) >= 11 is 0. The molecule has 0 spiro atoms. The lowest BCUT2D eigenvalue weighted by Gasteiger charge is -2.02. The zero-order valence-corrected chi connectivity index (χ0v) is 8.37. The van der Waals surface area contributed by atoms with E-state index in [1.807, 2.05) is 0 Å². The SMILES string of the molecule is O=C(O)CCNC(=O)c1ccc(C(F)(F)F)o1. The van der Waals surface area contributed by atoms with Gasteiger partial charge in [-0.15, -0.1) is 0 Å². The van der Waals surface area contributed by atoms with E-state index in [0.717, 1.165) is 6.07 Å². The summed E-state index contributed by atoms with van der Waals surface area (Å²) in [4.78, 5) is 21.3. The standard InChI is InChI=1S/C9H8F3NO4/c10-9(11,12)6-2-1-5(17-6)8(16)13-4-3-7(14)15/h1-2H,3-4H2,(H,13,16)(H,14,15). The van der Waals surface area contributed by atoms with E-state index in [-0.39, 0.29) is 13.0 Å².